The first kappa shape index (κ1) is 16.7. The Labute approximate surface area is 156 Å². The highest BCUT2D eigenvalue weighted by molar-refractivity contribution is 6.30. The van der Waals surface area contributed by atoms with Crippen molar-refractivity contribution >= 4 is 11.6 Å². The van der Waals surface area contributed by atoms with Gasteiger partial charge in [0.2, 0.25) is 5.88 Å². The van der Waals surface area contributed by atoms with Crippen LogP contribution in [0.4, 0.5) is 0 Å². The lowest BCUT2D eigenvalue weighted by molar-refractivity contribution is 0.353. The van der Waals surface area contributed by atoms with Crippen LogP contribution in [0.5, 0.6) is 11.9 Å². The van der Waals surface area contributed by atoms with Crippen LogP contribution in [0.15, 0.2) is 42.6 Å². The number of benzene rings is 1. The maximum Gasteiger partial charge on any atom is 0.319 e. The predicted octanol–water partition coefficient (Wildman–Crippen LogP) is 3.88. The summed E-state index contributed by atoms with van der Waals surface area (Å²) in [6.07, 6.45) is 2.67. The van der Waals surface area contributed by atoms with E-state index in [4.69, 9.17) is 21.1 Å². The van der Waals surface area contributed by atoms with Gasteiger partial charge in [-0.3, -0.25) is 0 Å². The third-order valence-electron chi connectivity index (χ3n) is 4.58. The highest BCUT2D eigenvalue weighted by Crippen LogP contribution is 2.56. The van der Waals surface area contributed by atoms with Gasteiger partial charge in [0.05, 0.1) is 19.8 Å². The van der Waals surface area contributed by atoms with Gasteiger partial charge in [0.15, 0.2) is 5.15 Å². The van der Waals surface area contributed by atoms with Crippen molar-refractivity contribution in [2.24, 2.45) is 0 Å². The second-order valence-corrected chi connectivity index (χ2v) is 6.47. The maximum atomic E-state index is 6.34. The van der Waals surface area contributed by atoms with Crippen LogP contribution in [0.25, 0.3) is 11.3 Å². The van der Waals surface area contributed by atoms with E-state index in [1.165, 1.54) is 12.7 Å². The Kier molecular flexibility index (Phi) is 4.42. The average Bonchev–Trinajstić information content (AvgIpc) is 3.49. The monoisotopic (exact) mass is 368 g/mol. The number of nitrogens with zero attached hydrogens (tertiary/aromatic N) is 4. The zero-order valence-corrected chi connectivity index (χ0v) is 15.1. The van der Waals surface area contributed by atoms with Crippen LogP contribution in [0, 0.1) is 0 Å². The van der Waals surface area contributed by atoms with Crippen LogP contribution < -0.4 is 9.47 Å². The summed E-state index contributed by atoms with van der Waals surface area (Å²) in [5, 5.41) is 8.77. The zero-order valence-electron chi connectivity index (χ0n) is 14.4. The maximum absolute atomic E-state index is 6.34. The van der Waals surface area contributed by atoms with E-state index >= 15 is 0 Å². The molecule has 0 amide bonds. The molecule has 0 saturated heterocycles. The molecule has 1 fully saturated rings. The highest BCUT2D eigenvalue weighted by Gasteiger charge is 2.41. The number of methoxy groups -OCH3 is 2. The number of hydrogen-bond donors (Lipinski definition) is 0. The molecule has 0 aliphatic heterocycles. The molecule has 0 N–H and O–H groups in total. The zero-order chi connectivity index (χ0) is 18.1. The van der Waals surface area contributed by atoms with E-state index in [0.717, 1.165) is 12.0 Å². The summed E-state index contributed by atoms with van der Waals surface area (Å²) in [5.74, 6) is 1.18. The van der Waals surface area contributed by atoms with Gasteiger partial charge in [-0.05, 0) is 35.4 Å². The molecule has 2 aromatic heterocycles. The third-order valence-corrected chi connectivity index (χ3v) is 4.87. The number of hydrogen-bond acceptors (Lipinski definition) is 6. The lowest BCUT2D eigenvalue weighted by atomic mass is 10.0. The average molecular weight is 369 g/mol. The molecule has 1 saturated carbocycles. The summed E-state index contributed by atoms with van der Waals surface area (Å²) in [5.41, 5.74) is 3.58. The summed E-state index contributed by atoms with van der Waals surface area (Å²) >= 11 is 6.34. The van der Waals surface area contributed by atoms with Crippen LogP contribution in [0.3, 0.4) is 0 Å². The van der Waals surface area contributed by atoms with Gasteiger partial charge in [-0.2, -0.15) is 4.98 Å². The summed E-state index contributed by atoms with van der Waals surface area (Å²) in [6, 6.07) is 12.6. The van der Waals surface area contributed by atoms with Gasteiger partial charge in [0, 0.05) is 6.20 Å². The molecule has 2 heterocycles. The van der Waals surface area contributed by atoms with Crippen LogP contribution in [-0.4, -0.2) is 34.4 Å². The Bertz CT molecular complexity index is 936. The van der Waals surface area contributed by atoms with Crippen LogP contribution in [0.1, 0.15) is 29.4 Å². The van der Waals surface area contributed by atoms with Gasteiger partial charge in [-0.1, -0.05) is 41.9 Å². The molecule has 4 rings (SSSR count). The quantitative estimate of drug-likeness (QED) is 0.680. The molecule has 6 nitrogen and oxygen atoms in total. The molecular weight excluding hydrogens is 352 g/mol. The Balaban J connectivity index is 1.68. The van der Waals surface area contributed by atoms with E-state index in [0.29, 0.717) is 34.1 Å². The van der Waals surface area contributed by atoms with E-state index in [1.54, 1.807) is 13.3 Å². The molecule has 26 heavy (non-hydrogen) atoms. The predicted molar refractivity (Wildman–Crippen MR) is 97.7 cm³/mol. The van der Waals surface area contributed by atoms with Gasteiger partial charge < -0.3 is 9.47 Å². The minimum atomic E-state index is 0.235. The summed E-state index contributed by atoms with van der Waals surface area (Å²) in [6.45, 7) is 0. The SMILES string of the molecule is COc1ncc(-c2cc([C@H]3C[C@@H]3c3ccccc3)c(Cl)nn2)c(OC)n1. The Hall–Kier alpha value is -2.73. The molecule has 0 spiro atoms. The van der Waals surface area contributed by atoms with Crippen molar-refractivity contribution in [2.45, 2.75) is 18.3 Å². The number of rotatable bonds is 5. The second-order valence-electron chi connectivity index (χ2n) is 6.11. The first-order valence-corrected chi connectivity index (χ1v) is 8.62. The molecule has 0 bridgehead atoms. The standard InChI is InChI=1S/C19H17ClN4O2/c1-25-18-15(10-21-19(22-18)26-2)16-9-14(17(20)24-23-16)13-8-12(13)11-6-4-3-5-7-11/h3-7,9-10,12-13H,8H2,1-2H3/t12-,13+/m1/s1. The molecule has 132 valence electrons. The lowest BCUT2D eigenvalue weighted by Crippen LogP contribution is -2.00. The largest absolute Gasteiger partial charge is 0.480 e. The van der Waals surface area contributed by atoms with Crippen molar-refractivity contribution in [3.8, 4) is 23.1 Å². The molecular formula is C19H17ClN4O2. The molecule has 2 atom stereocenters. The van der Waals surface area contributed by atoms with E-state index in [-0.39, 0.29) is 6.01 Å². The van der Waals surface area contributed by atoms with Crippen molar-refractivity contribution in [3.63, 3.8) is 0 Å². The van der Waals surface area contributed by atoms with E-state index < -0.39 is 0 Å². The Morgan fingerprint density at radius 1 is 1.04 bits per heavy atom. The van der Waals surface area contributed by atoms with Crippen LogP contribution in [-0.2, 0) is 0 Å². The molecule has 1 aliphatic carbocycles. The number of aromatic nitrogens is 4. The molecule has 1 aromatic carbocycles. The van der Waals surface area contributed by atoms with Crippen LogP contribution >= 0.6 is 11.6 Å². The normalized spacial score (nSPS) is 18.4. The minimum absolute atomic E-state index is 0.235. The summed E-state index contributed by atoms with van der Waals surface area (Å²) in [7, 11) is 3.05. The highest BCUT2D eigenvalue weighted by atomic mass is 35.5. The van der Waals surface area contributed by atoms with Crippen LogP contribution in [0.2, 0.25) is 5.15 Å². The smallest absolute Gasteiger partial charge is 0.319 e. The first-order valence-electron chi connectivity index (χ1n) is 8.24. The molecule has 0 radical (unpaired) electrons. The Morgan fingerprint density at radius 2 is 1.85 bits per heavy atom. The minimum Gasteiger partial charge on any atom is -0.480 e. The summed E-state index contributed by atoms with van der Waals surface area (Å²) in [4.78, 5) is 8.35. The van der Waals surface area contributed by atoms with Crippen molar-refractivity contribution < 1.29 is 9.47 Å². The topological polar surface area (TPSA) is 70.0 Å². The van der Waals surface area contributed by atoms with Crippen molar-refractivity contribution in [1.82, 2.24) is 20.2 Å². The van der Waals surface area contributed by atoms with E-state index in [2.05, 4.69) is 44.4 Å². The van der Waals surface area contributed by atoms with Crippen molar-refractivity contribution in [2.75, 3.05) is 14.2 Å². The van der Waals surface area contributed by atoms with Gasteiger partial charge in [-0.25, -0.2) is 4.98 Å². The fourth-order valence-corrected chi connectivity index (χ4v) is 3.40. The molecule has 0 unspecified atom stereocenters. The molecule has 1 aliphatic rings. The Morgan fingerprint density at radius 3 is 2.58 bits per heavy atom. The number of halogens is 1. The van der Waals surface area contributed by atoms with Gasteiger partial charge in [-0.15, -0.1) is 10.2 Å². The molecule has 3 aromatic rings. The number of ether oxygens (including phenoxy) is 2. The van der Waals surface area contributed by atoms with Crippen molar-refractivity contribution in [3.05, 3.63) is 58.9 Å². The van der Waals surface area contributed by atoms with E-state index in [9.17, 15) is 0 Å². The molecule has 7 heteroatoms. The second kappa shape index (κ2) is 6.88. The third kappa shape index (κ3) is 3.08. The van der Waals surface area contributed by atoms with E-state index in [1.807, 2.05) is 12.1 Å². The van der Waals surface area contributed by atoms with Gasteiger partial charge in [0.25, 0.3) is 0 Å². The lowest BCUT2D eigenvalue weighted by Gasteiger charge is -2.09. The first-order chi connectivity index (χ1) is 12.7. The fourth-order valence-electron chi connectivity index (χ4n) is 3.17. The van der Waals surface area contributed by atoms with Gasteiger partial charge >= 0.3 is 6.01 Å². The summed E-state index contributed by atoms with van der Waals surface area (Å²) < 4.78 is 10.4. The van der Waals surface area contributed by atoms with Crippen molar-refractivity contribution in [1.29, 1.82) is 0 Å². The fraction of sp³-hybridized carbons (Fsp3) is 0.263. The van der Waals surface area contributed by atoms with Gasteiger partial charge in [0.1, 0.15) is 5.69 Å².